The van der Waals surface area contributed by atoms with Gasteiger partial charge in [0.1, 0.15) is 0 Å². The molecule has 1 fully saturated rings. The molecule has 0 bridgehead atoms. The van der Waals surface area contributed by atoms with Gasteiger partial charge in [0.2, 0.25) is 10.0 Å². The van der Waals surface area contributed by atoms with Gasteiger partial charge in [0.25, 0.3) is 0 Å². The van der Waals surface area contributed by atoms with Gasteiger partial charge in [-0.1, -0.05) is 19.1 Å². The van der Waals surface area contributed by atoms with Crippen LogP contribution in [0.4, 0.5) is 0 Å². The molecule has 1 saturated heterocycles. The van der Waals surface area contributed by atoms with Gasteiger partial charge in [0.15, 0.2) is 0 Å². The van der Waals surface area contributed by atoms with Gasteiger partial charge in [0, 0.05) is 0 Å². The van der Waals surface area contributed by atoms with Crippen LogP contribution in [0.15, 0.2) is 29.2 Å². The van der Waals surface area contributed by atoms with Crippen LogP contribution in [-0.4, -0.2) is 38.7 Å². The Kier molecular flexibility index (Phi) is 4.42. The molecule has 0 saturated carbocycles. The highest BCUT2D eigenvalue weighted by Gasteiger charge is 2.36. The highest BCUT2D eigenvalue weighted by molar-refractivity contribution is 7.89. The number of benzene rings is 1. The summed E-state index contributed by atoms with van der Waals surface area (Å²) in [5.74, 6) is -1.91. The molecule has 6 nitrogen and oxygen atoms in total. The number of aryl methyl sites for hydroxylation is 1. The summed E-state index contributed by atoms with van der Waals surface area (Å²) in [6.45, 7) is 2.08. The van der Waals surface area contributed by atoms with E-state index in [1.54, 1.807) is 12.1 Å². The minimum atomic E-state index is -3.73. The van der Waals surface area contributed by atoms with Crippen molar-refractivity contribution in [2.75, 3.05) is 13.2 Å². The largest absolute Gasteiger partial charge is 0.481 e. The van der Waals surface area contributed by atoms with Crippen molar-refractivity contribution in [1.29, 1.82) is 0 Å². The van der Waals surface area contributed by atoms with Gasteiger partial charge < -0.3 is 9.84 Å². The van der Waals surface area contributed by atoms with Crippen LogP contribution in [0.1, 0.15) is 12.5 Å². The maximum Gasteiger partial charge on any atom is 0.310 e. The Balaban J connectivity index is 2.16. The highest BCUT2D eigenvalue weighted by atomic mass is 32.2. The first kappa shape index (κ1) is 15.0. The summed E-state index contributed by atoms with van der Waals surface area (Å²) in [6.07, 6.45) is 0.825. The average molecular weight is 299 g/mol. The van der Waals surface area contributed by atoms with Gasteiger partial charge in [-0.2, -0.15) is 0 Å². The minimum Gasteiger partial charge on any atom is -0.481 e. The predicted molar refractivity (Wildman–Crippen MR) is 71.9 cm³/mol. The van der Waals surface area contributed by atoms with E-state index in [-0.39, 0.29) is 18.1 Å². The number of hydrogen-bond acceptors (Lipinski definition) is 4. The van der Waals surface area contributed by atoms with Crippen molar-refractivity contribution in [3.63, 3.8) is 0 Å². The SMILES string of the molecule is CCc1ccc(S(=O)(=O)NC2COCC2C(=O)O)cc1. The Morgan fingerprint density at radius 2 is 2.00 bits per heavy atom. The maximum absolute atomic E-state index is 12.2. The second-order valence-corrected chi connectivity index (χ2v) is 6.42. The van der Waals surface area contributed by atoms with Crippen LogP contribution in [0.2, 0.25) is 0 Å². The first-order valence-corrected chi connectivity index (χ1v) is 7.84. The molecule has 110 valence electrons. The summed E-state index contributed by atoms with van der Waals surface area (Å²) in [6, 6.07) is 5.80. The first-order chi connectivity index (χ1) is 9.44. The van der Waals surface area contributed by atoms with Crippen molar-refractivity contribution in [3.05, 3.63) is 29.8 Å². The van der Waals surface area contributed by atoms with Crippen LogP contribution in [-0.2, 0) is 26.0 Å². The van der Waals surface area contributed by atoms with E-state index in [2.05, 4.69) is 4.72 Å². The average Bonchev–Trinajstić information content (AvgIpc) is 2.86. The number of carboxylic acid groups (broad SMARTS) is 1. The Labute approximate surface area is 117 Å². The van der Waals surface area contributed by atoms with E-state index in [1.165, 1.54) is 12.1 Å². The number of carbonyl (C=O) groups is 1. The fraction of sp³-hybridized carbons (Fsp3) is 0.462. The van der Waals surface area contributed by atoms with Gasteiger partial charge in [-0.25, -0.2) is 13.1 Å². The number of aliphatic carboxylic acids is 1. The van der Waals surface area contributed by atoms with E-state index in [1.807, 2.05) is 6.92 Å². The molecule has 2 atom stereocenters. The topological polar surface area (TPSA) is 92.7 Å². The van der Waals surface area contributed by atoms with Gasteiger partial charge >= 0.3 is 5.97 Å². The zero-order valence-electron chi connectivity index (χ0n) is 11.1. The van der Waals surface area contributed by atoms with Crippen LogP contribution < -0.4 is 4.72 Å². The summed E-state index contributed by atoms with van der Waals surface area (Å²) >= 11 is 0. The normalized spacial score (nSPS) is 22.9. The molecule has 1 heterocycles. The number of sulfonamides is 1. The molecule has 0 radical (unpaired) electrons. The van der Waals surface area contributed by atoms with E-state index >= 15 is 0 Å². The number of ether oxygens (including phenoxy) is 1. The molecular weight excluding hydrogens is 282 g/mol. The molecule has 1 aromatic carbocycles. The monoisotopic (exact) mass is 299 g/mol. The summed E-state index contributed by atoms with van der Waals surface area (Å²) in [5, 5.41) is 9.00. The molecule has 0 aliphatic carbocycles. The van der Waals surface area contributed by atoms with Crippen molar-refractivity contribution in [1.82, 2.24) is 4.72 Å². The van der Waals surface area contributed by atoms with Crippen molar-refractivity contribution in [3.8, 4) is 0 Å². The van der Waals surface area contributed by atoms with Crippen molar-refractivity contribution < 1.29 is 23.1 Å². The molecule has 7 heteroatoms. The third-order valence-electron chi connectivity index (χ3n) is 3.35. The third kappa shape index (κ3) is 3.17. The fourth-order valence-electron chi connectivity index (χ4n) is 2.09. The maximum atomic E-state index is 12.2. The second kappa shape index (κ2) is 5.90. The van der Waals surface area contributed by atoms with Gasteiger partial charge in [-0.05, 0) is 24.1 Å². The Morgan fingerprint density at radius 1 is 1.35 bits per heavy atom. The van der Waals surface area contributed by atoms with E-state index in [9.17, 15) is 13.2 Å². The summed E-state index contributed by atoms with van der Waals surface area (Å²) in [7, 11) is -3.73. The number of carboxylic acids is 1. The third-order valence-corrected chi connectivity index (χ3v) is 4.85. The molecular formula is C13H17NO5S. The number of hydrogen-bond donors (Lipinski definition) is 2. The molecule has 2 rings (SSSR count). The van der Waals surface area contributed by atoms with E-state index in [0.29, 0.717) is 0 Å². The lowest BCUT2D eigenvalue weighted by Crippen LogP contribution is -2.42. The van der Waals surface area contributed by atoms with Crippen LogP contribution >= 0.6 is 0 Å². The quantitative estimate of drug-likeness (QED) is 0.832. The second-order valence-electron chi connectivity index (χ2n) is 4.71. The van der Waals surface area contributed by atoms with Crippen molar-refractivity contribution in [2.45, 2.75) is 24.3 Å². The van der Waals surface area contributed by atoms with Crippen molar-refractivity contribution >= 4 is 16.0 Å². The van der Waals surface area contributed by atoms with Crippen molar-refractivity contribution in [2.24, 2.45) is 5.92 Å². The van der Waals surface area contributed by atoms with Gasteiger partial charge in [0.05, 0.1) is 30.1 Å². The molecule has 0 aromatic heterocycles. The molecule has 1 aliphatic rings. The minimum absolute atomic E-state index is 0.0251. The molecule has 1 aliphatic heterocycles. The predicted octanol–water partition coefficient (Wildman–Crippen LogP) is 0.627. The summed E-state index contributed by atoms with van der Waals surface area (Å²) in [5.41, 5.74) is 1.04. The Morgan fingerprint density at radius 3 is 2.55 bits per heavy atom. The Bertz CT molecular complexity index is 581. The van der Waals surface area contributed by atoms with Crippen LogP contribution in [0.3, 0.4) is 0 Å². The lowest BCUT2D eigenvalue weighted by atomic mass is 10.1. The first-order valence-electron chi connectivity index (χ1n) is 6.36. The molecule has 20 heavy (non-hydrogen) atoms. The zero-order chi connectivity index (χ0) is 14.8. The van der Waals surface area contributed by atoms with Crippen LogP contribution in [0.5, 0.6) is 0 Å². The fourth-order valence-corrected chi connectivity index (χ4v) is 3.35. The standard InChI is InChI=1S/C13H17NO5S/c1-2-9-3-5-10(6-4-9)20(17,18)14-12-8-19-7-11(12)13(15)16/h3-6,11-12,14H,2,7-8H2,1H3,(H,15,16). The van der Waals surface area contributed by atoms with Gasteiger partial charge in [-0.3, -0.25) is 4.79 Å². The summed E-state index contributed by atoms with van der Waals surface area (Å²) in [4.78, 5) is 11.1. The smallest absolute Gasteiger partial charge is 0.310 e. The number of nitrogens with one attached hydrogen (secondary N) is 1. The molecule has 2 N–H and O–H groups in total. The molecule has 0 spiro atoms. The van der Waals surface area contributed by atoms with E-state index in [0.717, 1.165) is 12.0 Å². The molecule has 0 amide bonds. The van der Waals surface area contributed by atoms with Crippen LogP contribution in [0, 0.1) is 5.92 Å². The Hall–Kier alpha value is -1.44. The molecule has 2 unspecified atom stereocenters. The van der Waals surface area contributed by atoms with E-state index in [4.69, 9.17) is 9.84 Å². The molecule has 1 aromatic rings. The highest BCUT2D eigenvalue weighted by Crippen LogP contribution is 2.18. The van der Waals surface area contributed by atoms with Gasteiger partial charge in [-0.15, -0.1) is 0 Å². The number of rotatable bonds is 5. The zero-order valence-corrected chi connectivity index (χ0v) is 11.9. The van der Waals surface area contributed by atoms with E-state index < -0.39 is 28.0 Å². The van der Waals surface area contributed by atoms with Crippen LogP contribution in [0.25, 0.3) is 0 Å². The lowest BCUT2D eigenvalue weighted by molar-refractivity contribution is -0.142. The lowest BCUT2D eigenvalue weighted by Gasteiger charge is -2.16. The summed E-state index contributed by atoms with van der Waals surface area (Å²) < 4.78 is 31.8.